The normalized spacial score (nSPS) is 11.3. The van der Waals surface area contributed by atoms with Crippen LogP contribution in [0.15, 0.2) is 35.5 Å². The Kier molecular flexibility index (Phi) is 5.42. The first-order valence-corrected chi connectivity index (χ1v) is 10.1. The van der Waals surface area contributed by atoms with E-state index in [1.165, 1.54) is 4.68 Å². The minimum Gasteiger partial charge on any atom is -0.305 e. The van der Waals surface area contributed by atoms with Gasteiger partial charge in [-0.05, 0) is 18.9 Å². The van der Waals surface area contributed by atoms with Gasteiger partial charge in [-0.2, -0.15) is 10.2 Å². The molecule has 0 saturated heterocycles. The summed E-state index contributed by atoms with van der Waals surface area (Å²) in [6.45, 7) is 5.57. The number of rotatable bonds is 4. The number of H-pyrrole nitrogens is 1. The fourth-order valence-corrected chi connectivity index (χ4v) is 3.57. The minimum atomic E-state index is -0.555. The second-order valence-electron chi connectivity index (χ2n) is 7.10. The van der Waals surface area contributed by atoms with Crippen molar-refractivity contribution in [1.82, 2.24) is 29.4 Å². The molecule has 4 rings (SSSR count). The van der Waals surface area contributed by atoms with E-state index in [0.29, 0.717) is 27.7 Å². The number of hydrogen-bond acceptors (Lipinski definition) is 5. The standard InChI is InChI=1S/C19H18Cl2N8O2/c1-9(2)16-11(8-22-13-7-12(20)27-29(13)16)24-19(31)25-15-10(3)14(21)18(30)26-17(15)28-6-4-5-23-28/h4-9H,1-3H3,(H,26,30)(H2,24,25,31). The van der Waals surface area contributed by atoms with Crippen LogP contribution in [-0.2, 0) is 0 Å². The molecule has 0 aromatic carbocycles. The molecule has 0 spiro atoms. The van der Waals surface area contributed by atoms with Crippen molar-refractivity contribution >= 4 is 46.3 Å². The van der Waals surface area contributed by atoms with Gasteiger partial charge in [0.25, 0.3) is 5.56 Å². The first-order valence-electron chi connectivity index (χ1n) is 9.30. The van der Waals surface area contributed by atoms with Crippen molar-refractivity contribution < 1.29 is 4.79 Å². The lowest BCUT2D eigenvalue weighted by Gasteiger charge is -2.17. The number of aromatic amines is 1. The van der Waals surface area contributed by atoms with Crippen LogP contribution in [0, 0.1) is 6.92 Å². The summed E-state index contributed by atoms with van der Waals surface area (Å²) in [6, 6.07) is 2.78. The lowest BCUT2D eigenvalue weighted by molar-refractivity contribution is 0.262. The number of nitrogens with one attached hydrogen (secondary N) is 3. The fourth-order valence-electron chi connectivity index (χ4n) is 3.25. The third-order valence-corrected chi connectivity index (χ3v) is 5.27. The zero-order valence-electron chi connectivity index (χ0n) is 16.8. The number of carbonyl (C=O) groups excluding carboxylic acids is 1. The summed E-state index contributed by atoms with van der Waals surface area (Å²) < 4.78 is 3.03. The highest BCUT2D eigenvalue weighted by Gasteiger charge is 2.20. The highest BCUT2D eigenvalue weighted by atomic mass is 35.5. The van der Waals surface area contributed by atoms with Gasteiger partial charge < -0.3 is 15.6 Å². The molecule has 0 bridgehead atoms. The molecule has 0 radical (unpaired) electrons. The van der Waals surface area contributed by atoms with Crippen LogP contribution in [-0.4, -0.2) is 35.4 Å². The fraction of sp³-hybridized carbons (Fsp3) is 0.211. The molecule has 0 fully saturated rings. The molecular weight excluding hydrogens is 443 g/mol. The Morgan fingerprint density at radius 1 is 1.26 bits per heavy atom. The zero-order chi connectivity index (χ0) is 22.3. The molecule has 0 aliphatic heterocycles. The molecule has 10 nitrogen and oxygen atoms in total. The van der Waals surface area contributed by atoms with E-state index in [-0.39, 0.29) is 16.8 Å². The molecule has 4 aromatic rings. The second kappa shape index (κ2) is 8.05. The number of pyridine rings is 1. The third-order valence-electron chi connectivity index (χ3n) is 4.63. The van der Waals surface area contributed by atoms with E-state index >= 15 is 0 Å². The Morgan fingerprint density at radius 2 is 2.03 bits per heavy atom. The maximum atomic E-state index is 12.9. The number of hydrogen-bond donors (Lipinski definition) is 3. The summed E-state index contributed by atoms with van der Waals surface area (Å²) in [4.78, 5) is 32.0. The predicted molar refractivity (Wildman–Crippen MR) is 119 cm³/mol. The topological polar surface area (TPSA) is 122 Å². The van der Waals surface area contributed by atoms with Gasteiger partial charge >= 0.3 is 6.03 Å². The van der Waals surface area contributed by atoms with E-state index in [1.54, 1.807) is 42.2 Å². The molecular formula is C19H18Cl2N8O2. The van der Waals surface area contributed by atoms with E-state index in [4.69, 9.17) is 23.2 Å². The predicted octanol–water partition coefficient (Wildman–Crippen LogP) is 3.99. The smallest absolute Gasteiger partial charge is 0.305 e. The van der Waals surface area contributed by atoms with Crippen LogP contribution in [0.2, 0.25) is 10.2 Å². The summed E-state index contributed by atoms with van der Waals surface area (Å²) in [7, 11) is 0. The van der Waals surface area contributed by atoms with Crippen LogP contribution in [0.1, 0.15) is 31.0 Å². The molecule has 0 unspecified atom stereocenters. The average molecular weight is 461 g/mol. The highest BCUT2D eigenvalue weighted by Crippen LogP contribution is 2.28. The van der Waals surface area contributed by atoms with Gasteiger partial charge in [0.1, 0.15) is 5.02 Å². The van der Waals surface area contributed by atoms with Gasteiger partial charge in [0.15, 0.2) is 16.6 Å². The van der Waals surface area contributed by atoms with Crippen LogP contribution >= 0.6 is 23.2 Å². The molecule has 0 aliphatic rings. The quantitative estimate of drug-likeness (QED) is 0.424. The highest BCUT2D eigenvalue weighted by molar-refractivity contribution is 6.31. The molecule has 12 heteroatoms. The number of halogens is 2. The van der Waals surface area contributed by atoms with Gasteiger partial charge in [0, 0.05) is 24.0 Å². The molecule has 4 heterocycles. The van der Waals surface area contributed by atoms with Crippen LogP contribution < -0.4 is 16.2 Å². The van der Waals surface area contributed by atoms with Crippen molar-refractivity contribution in [1.29, 1.82) is 0 Å². The van der Waals surface area contributed by atoms with Crippen LogP contribution in [0.5, 0.6) is 0 Å². The summed E-state index contributed by atoms with van der Waals surface area (Å²) in [5.74, 6) is 0.296. The maximum absolute atomic E-state index is 12.9. The van der Waals surface area contributed by atoms with Gasteiger partial charge in [-0.3, -0.25) is 4.79 Å². The number of aromatic nitrogens is 6. The zero-order valence-corrected chi connectivity index (χ0v) is 18.3. The van der Waals surface area contributed by atoms with Gasteiger partial charge in [0.05, 0.1) is 23.3 Å². The lowest BCUT2D eigenvalue weighted by Crippen LogP contribution is -2.25. The van der Waals surface area contributed by atoms with E-state index in [9.17, 15) is 9.59 Å². The number of nitrogens with zero attached hydrogens (tertiary/aromatic N) is 5. The number of amides is 2. The number of carbonyl (C=O) groups is 1. The van der Waals surface area contributed by atoms with Crippen molar-refractivity contribution in [3.05, 3.63) is 62.5 Å². The molecule has 2 amide bonds. The van der Waals surface area contributed by atoms with E-state index < -0.39 is 11.6 Å². The van der Waals surface area contributed by atoms with Crippen LogP contribution in [0.3, 0.4) is 0 Å². The van der Waals surface area contributed by atoms with Crippen molar-refractivity contribution in [2.24, 2.45) is 0 Å². The Hall–Kier alpha value is -3.37. The molecule has 160 valence electrons. The lowest BCUT2D eigenvalue weighted by atomic mass is 10.1. The summed E-state index contributed by atoms with van der Waals surface area (Å²) in [5.41, 5.74) is 2.01. The number of anilines is 2. The van der Waals surface area contributed by atoms with Crippen molar-refractivity contribution in [3.63, 3.8) is 0 Å². The summed E-state index contributed by atoms with van der Waals surface area (Å²) in [6.07, 6.45) is 4.73. The molecule has 4 aromatic heterocycles. The SMILES string of the molecule is Cc1c(NC(=O)Nc2cnc3cc(Cl)nn3c2C(C)C)c(-n2cccn2)[nH]c(=O)c1Cl. The molecule has 31 heavy (non-hydrogen) atoms. The van der Waals surface area contributed by atoms with Crippen LogP contribution in [0.25, 0.3) is 11.5 Å². The molecule has 3 N–H and O–H groups in total. The van der Waals surface area contributed by atoms with Crippen LogP contribution in [0.4, 0.5) is 16.2 Å². The van der Waals surface area contributed by atoms with Gasteiger partial charge in [-0.1, -0.05) is 37.0 Å². The van der Waals surface area contributed by atoms with E-state index in [0.717, 1.165) is 5.69 Å². The Morgan fingerprint density at radius 3 is 2.71 bits per heavy atom. The number of fused-ring (bicyclic) bond motifs is 1. The molecule has 0 aliphatic carbocycles. The van der Waals surface area contributed by atoms with Crippen molar-refractivity contribution in [2.45, 2.75) is 26.7 Å². The minimum absolute atomic E-state index is 0.0145. The maximum Gasteiger partial charge on any atom is 0.323 e. The van der Waals surface area contributed by atoms with E-state index in [1.807, 2.05) is 13.8 Å². The Balaban J connectivity index is 1.71. The van der Waals surface area contributed by atoms with Gasteiger partial charge in [-0.15, -0.1) is 0 Å². The third kappa shape index (κ3) is 3.87. The summed E-state index contributed by atoms with van der Waals surface area (Å²) in [5, 5.41) is 14.2. The number of urea groups is 1. The Labute approximate surface area is 186 Å². The van der Waals surface area contributed by atoms with Gasteiger partial charge in [0.2, 0.25) is 0 Å². The van der Waals surface area contributed by atoms with Gasteiger partial charge in [-0.25, -0.2) is 19.0 Å². The first kappa shape index (κ1) is 20.9. The summed E-state index contributed by atoms with van der Waals surface area (Å²) >= 11 is 12.1. The molecule has 0 atom stereocenters. The average Bonchev–Trinajstić information content (AvgIpc) is 3.36. The largest absolute Gasteiger partial charge is 0.323 e. The van der Waals surface area contributed by atoms with Crippen molar-refractivity contribution in [2.75, 3.05) is 10.6 Å². The molecule has 0 saturated carbocycles. The van der Waals surface area contributed by atoms with Crippen molar-refractivity contribution in [3.8, 4) is 5.82 Å². The second-order valence-corrected chi connectivity index (χ2v) is 7.86. The monoisotopic (exact) mass is 460 g/mol. The Bertz CT molecular complexity index is 1340. The van der Waals surface area contributed by atoms with E-state index in [2.05, 4.69) is 30.8 Å². The first-order chi connectivity index (χ1) is 14.8.